The van der Waals surface area contributed by atoms with Crippen molar-refractivity contribution in [3.63, 3.8) is 0 Å². The van der Waals surface area contributed by atoms with Gasteiger partial charge in [0.1, 0.15) is 22.9 Å². The lowest BCUT2D eigenvalue weighted by Gasteiger charge is -2.09. The van der Waals surface area contributed by atoms with Crippen LogP contribution in [0.15, 0.2) is 42.5 Å². The van der Waals surface area contributed by atoms with Crippen molar-refractivity contribution in [2.45, 2.75) is 19.8 Å². The van der Waals surface area contributed by atoms with Crippen LogP contribution in [-0.4, -0.2) is 11.1 Å². The molecule has 4 heteroatoms. The van der Waals surface area contributed by atoms with Gasteiger partial charge in [0.15, 0.2) is 0 Å². The zero-order valence-electron chi connectivity index (χ0n) is 11.1. The van der Waals surface area contributed by atoms with Gasteiger partial charge in [-0.3, -0.25) is 0 Å². The van der Waals surface area contributed by atoms with Gasteiger partial charge >= 0.3 is 5.97 Å². The average molecular weight is 274 g/mol. The fraction of sp³-hybridized carbons (Fsp3) is 0.188. The first-order valence-electron chi connectivity index (χ1n) is 6.40. The number of rotatable bonds is 5. The molecule has 20 heavy (non-hydrogen) atoms. The molecule has 2 aromatic rings. The van der Waals surface area contributed by atoms with Gasteiger partial charge in [-0.1, -0.05) is 31.5 Å². The lowest BCUT2D eigenvalue weighted by molar-refractivity contribution is 0.0689. The van der Waals surface area contributed by atoms with Crippen molar-refractivity contribution in [1.29, 1.82) is 0 Å². The van der Waals surface area contributed by atoms with Crippen LogP contribution in [0.2, 0.25) is 0 Å². The molecule has 0 amide bonds. The highest BCUT2D eigenvalue weighted by atomic mass is 19.1. The van der Waals surface area contributed by atoms with Crippen molar-refractivity contribution in [2.75, 3.05) is 0 Å². The normalized spacial score (nSPS) is 10.3. The third-order valence-corrected chi connectivity index (χ3v) is 2.88. The molecule has 1 N–H and O–H groups in total. The Kier molecular flexibility index (Phi) is 4.35. The Balaban J connectivity index is 2.26. The second-order valence-electron chi connectivity index (χ2n) is 4.41. The highest BCUT2D eigenvalue weighted by Gasteiger charge is 2.17. The summed E-state index contributed by atoms with van der Waals surface area (Å²) in [5, 5.41) is 9.02. The number of benzene rings is 2. The number of ether oxygens (including phenoxy) is 1. The summed E-state index contributed by atoms with van der Waals surface area (Å²) >= 11 is 0. The van der Waals surface area contributed by atoms with Crippen molar-refractivity contribution in [2.24, 2.45) is 0 Å². The molecule has 0 aliphatic carbocycles. The molecule has 2 rings (SSSR count). The lowest BCUT2D eigenvalue weighted by Crippen LogP contribution is -2.03. The summed E-state index contributed by atoms with van der Waals surface area (Å²) in [4.78, 5) is 11.1. The highest BCUT2D eigenvalue weighted by molar-refractivity contribution is 5.91. The van der Waals surface area contributed by atoms with E-state index in [9.17, 15) is 9.18 Å². The quantitative estimate of drug-likeness (QED) is 0.885. The van der Waals surface area contributed by atoms with E-state index in [2.05, 4.69) is 6.92 Å². The lowest BCUT2D eigenvalue weighted by atomic mass is 10.1. The van der Waals surface area contributed by atoms with Crippen LogP contribution >= 0.6 is 0 Å². The molecule has 0 aromatic heterocycles. The Morgan fingerprint density at radius 3 is 2.50 bits per heavy atom. The fourth-order valence-electron chi connectivity index (χ4n) is 1.94. The van der Waals surface area contributed by atoms with Crippen LogP contribution in [-0.2, 0) is 6.42 Å². The van der Waals surface area contributed by atoms with Crippen molar-refractivity contribution >= 4 is 5.97 Å². The number of aryl methyl sites for hydroxylation is 1. The van der Waals surface area contributed by atoms with Gasteiger partial charge in [-0.25, -0.2) is 9.18 Å². The standard InChI is InChI=1S/C16H15FO3/c1-2-4-11-7-9-12(10-8-11)20-14-6-3-5-13(17)15(14)16(18)19/h3,5-10H,2,4H2,1H3,(H,18,19). The van der Waals surface area contributed by atoms with Gasteiger partial charge in [-0.15, -0.1) is 0 Å². The topological polar surface area (TPSA) is 46.5 Å². The molecule has 0 saturated heterocycles. The van der Waals surface area contributed by atoms with Gasteiger partial charge < -0.3 is 9.84 Å². The van der Waals surface area contributed by atoms with E-state index in [0.717, 1.165) is 18.9 Å². The van der Waals surface area contributed by atoms with Crippen molar-refractivity contribution in [3.05, 3.63) is 59.4 Å². The van der Waals surface area contributed by atoms with Crippen molar-refractivity contribution < 1.29 is 19.0 Å². The van der Waals surface area contributed by atoms with E-state index >= 15 is 0 Å². The molecule has 0 fully saturated rings. The van der Waals surface area contributed by atoms with Crippen molar-refractivity contribution in [3.8, 4) is 11.5 Å². The first-order chi connectivity index (χ1) is 9.61. The minimum atomic E-state index is -1.35. The Morgan fingerprint density at radius 1 is 1.20 bits per heavy atom. The summed E-state index contributed by atoms with van der Waals surface area (Å²) in [5.41, 5.74) is 0.725. The molecular formula is C16H15FO3. The van der Waals surface area contributed by atoms with Crippen LogP contribution in [0.1, 0.15) is 29.3 Å². The molecule has 0 aliphatic rings. The molecule has 0 atom stereocenters. The predicted octanol–water partition coefficient (Wildman–Crippen LogP) is 4.27. The Labute approximate surface area is 116 Å². The molecule has 3 nitrogen and oxygen atoms in total. The first-order valence-corrected chi connectivity index (χ1v) is 6.40. The van der Waals surface area contributed by atoms with Gasteiger partial charge in [-0.05, 0) is 36.2 Å². The minimum absolute atomic E-state index is 0.000687. The van der Waals surface area contributed by atoms with Crippen LogP contribution in [0, 0.1) is 5.82 Å². The highest BCUT2D eigenvalue weighted by Crippen LogP contribution is 2.27. The monoisotopic (exact) mass is 274 g/mol. The van der Waals surface area contributed by atoms with Gasteiger partial charge in [0.25, 0.3) is 0 Å². The summed E-state index contributed by atoms with van der Waals surface area (Å²) in [6.45, 7) is 2.09. The zero-order chi connectivity index (χ0) is 14.5. The number of hydrogen-bond donors (Lipinski definition) is 1. The number of carboxylic acid groups (broad SMARTS) is 1. The Morgan fingerprint density at radius 2 is 1.90 bits per heavy atom. The van der Waals surface area contributed by atoms with Crippen LogP contribution in [0.3, 0.4) is 0 Å². The molecule has 0 radical (unpaired) electrons. The largest absolute Gasteiger partial charge is 0.477 e. The molecule has 0 bridgehead atoms. The van der Waals surface area contributed by atoms with Crippen LogP contribution in [0.5, 0.6) is 11.5 Å². The van der Waals surface area contributed by atoms with Gasteiger partial charge in [-0.2, -0.15) is 0 Å². The van der Waals surface area contributed by atoms with Crippen molar-refractivity contribution in [1.82, 2.24) is 0 Å². The summed E-state index contributed by atoms with van der Waals surface area (Å²) in [5.74, 6) is -1.67. The summed E-state index contributed by atoms with van der Waals surface area (Å²) < 4.78 is 19.0. The second-order valence-corrected chi connectivity index (χ2v) is 4.41. The van der Waals surface area contributed by atoms with E-state index in [1.54, 1.807) is 12.1 Å². The SMILES string of the molecule is CCCc1ccc(Oc2cccc(F)c2C(=O)O)cc1. The van der Waals surface area contributed by atoms with E-state index in [0.29, 0.717) is 5.75 Å². The number of hydrogen-bond acceptors (Lipinski definition) is 2. The Bertz CT molecular complexity index is 606. The van der Waals surface area contributed by atoms with Crippen LogP contribution < -0.4 is 4.74 Å². The number of carbonyl (C=O) groups is 1. The smallest absolute Gasteiger partial charge is 0.342 e. The second kappa shape index (κ2) is 6.19. The third kappa shape index (κ3) is 3.15. The van der Waals surface area contributed by atoms with Crippen LogP contribution in [0.4, 0.5) is 4.39 Å². The molecule has 0 spiro atoms. The van der Waals surface area contributed by atoms with E-state index < -0.39 is 17.3 Å². The van der Waals surface area contributed by atoms with Gasteiger partial charge in [0.2, 0.25) is 0 Å². The van der Waals surface area contributed by atoms with E-state index in [1.165, 1.54) is 17.7 Å². The summed E-state index contributed by atoms with van der Waals surface area (Å²) in [6, 6.07) is 11.3. The van der Waals surface area contributed by atoms with E-state index in [-0.39, 0.29) is 5.75 Å². The number of aromatic carboxylic acids is 1. The minimum Gasteiger partial charge on any atom is -0.477 e. The molecule has 0 heterocycles. The maximum Gasteiger partial charge on any atom is 0.342 e. The molecule has 2 aromatic carbocycles. The predicted molar refractivity (Wildman–Crippen MR) is 73.9 cm³/mol. The van der Waals surface area contributed by atoms with E-state index in [4.69, 9.17) is 9.84 Å². The number of carboxylic acids is 1. The summed E-state index contributed by atoms with van der Waals surface area (Å²) in [6.07, 6.45) is 2.02. The maximum atomic E-state index is 13.5. The third-order valence-electron chi connectivity index (χ3n) is 2.88. The number of halogens is 1. The van der Waals surface area contributed by atoms with Gasteiger partial charge in [0, 0.05) is 0 Å². The molecule has 0 saturated carbocycles. The van der Waals surface area contributed by atoms with Crippen LogP contribution in [0.25, 0.3) is 0 Å². The summed E-state index contributed by atoms with van der Waals surface area (Å²) in [7, 11) is 0. The molecular weight excluding hydrogens is 259 g/mol. The van der Waals surface area contributed by atoms with E-state index in [1.807, 2.05) is 12.1 Å². The maximum absolute atomic E-state index is 13.5. The average Bonchev–Trinajstić information content (AvgIpc) is 2.41. The molecule has 104 valence electrons. The molecule has 0 aliphatic heterocycles. The fourth-order valence-corrected chi connectivity index (χ4v) is 1.94. The Hall–Kier alpha value is -2.36. The van der Waals surface area contributed by atoms with Gasteiger partial charge in [0.05, 0.1) is 0 Å². The first kappa shape index (κ1) is 14.1. The zero-order valence-corrected chi connectivity index (χ0v) is 11.1. The molecule has 0 unspecified atom stereocenters.